The predicted molar refractivity (Wildman–Crippen MR) is 108 cm³/mol. The molecular formula is C21H26N4O5. The van der Waals surface area contributed by atoms with Gasteiger partial charge in [-0.05, 0) is 32.4 Å². The first kappa shape index (κ1) is 20.4. The lowest BCUT2D eigenvalue weighted by atomic mass is 9.98. The summed E-state index contributed by atoms with van der Waals surface area (Å²) in [5.74, 6) is -1.12. The standard InChI is InChI=1S/C21H26N4O5/c1-13-16(14(2)23-22-13)19(26)17-18(15-5-3-10-30-15)25(21(28)20(17)27)7-4-6-24-8-11-29-12-9-24/h3,5,10,18,26H,4,6-9,11-12H2,1-2H3,(H,22,23)/t18-/m0/s1. The first-order valence-electron chi connectivity index (χ1n) is 10.1. The van der Waals surface area contributed by atoms with Crippen LogP contribution in [0.25, 0.3) is 5.76 Å². The molecule has 0 bridgehead atoms. The van der Waals surface area contributed by atoms with Crippen LogP contribution in [0, 0.1) is 13.8 Å². The molecule has 2 saturated heterocycles. The van der Waals surface area contributed by atoms with Crippen LogP contribution in [0.5, 0.6) is 0 Å². The van der Waals surface area contributed by atoms with Gasteiger partial charge in [-0.25, -0.2) is 0 Å². The fourth-order valence-corrected chi connectivity index (χ4v) is 4.18. The number of likely N-dealkylation sites (tertiary alicyclic amines) is 1. The first-order valence-corrected chi connectivity index (χ1v) is 10.1. The average molecular weight is 414 g/mol. The Kier molecular flexibility index (Phi) is 5.74. The average Bonchev–Trinajstić information content (AvgIpc) is 3.44. The lowest BCUT2D eigenvalue weighted by Gasteiger charge is -2.28. The van der Waals surface area contributed by atoms with Crippen LogP contribution in [0.4, 0.5) is 0 Å². The molecule has 0 spiro atoms. The number of aliphatic hydroxyl groups is 1. The van der Waals surface area contributed by atoms with Crippen molar-refractivity contribution in [1.29, 1.82) is 0 Å². The molecule has 1 atom stereocenters. The number of carbonyl (C=O) groups is 2. The van der Waals surface area contributed by atoms with Gasteiger partial charge in [-0.3, -0.25) is 19.6 Å². The molecule has 30 heavy (non-hydrogen) atoms. The Morgan fingerprint density at radius 2 is 2.03 bits per heavy atom. The van der Waals surface area contributed by atoms with Gasteiger partial charge in [0.1, 0.15) is 17.6 Å². The predicted octanol–water partition coefficient (Wildman–Crippen LogP) is 1.76. The zero-order valence-corrected chi connectivity index (χ0v) is 17.2. The van der Waals surface area contributed by atoms with Crippen LogP contribution in [0.3, 0.4) is 0 Å². The number of carbonyl (C=O) groups excluding carboxylic acids is 2. The van der Waals surface area contributed by atoms with E-state index in [2.05, 4.69) is 15.1 Å². The molecule has 0 radical (unpaired) electrons. The number of hydrogen-bond donors (Lipinski definition) is 2. The second-order valence-corrected chi connectivity index (χ2v) is 7.62. The summed E-state index contributed by atoms with van der Waals surface area (Å²) in [7, 11) is 0. The Balaban J connectivity index is 1.64. The largest absolute Gasteiger partial charge is 0.507 e. The smallest absolute Gasteiger partial charge is 0.295 e. The topological polar surface area (TPSA) is 112 Å². The van der Waals surface area contributed by atoms with E-state index in [9.17, 15) is 14.7 Å². The molecule has 0 aromatic carbocycles. The first-order chi connectivity index (χ1) is 14.5. The molecule has 1 amide bonds. The van der Waals surface area contributed by atoms with Crippen molar-refractivity contribution in [3.05, 3.63) is 46.7 Å². The molecule has 2 aromatic rings. The third kappa shape index (κ3) is 3.66. The Morgan fingerprint density at radius 1 is 1.27 bits per heavy atom. The van der Waals surface area contributed by atoms with Crippen molar-refractivity contribution < 1.29 is 23.8 Å². The highest BCUT2D eigenvalue weighted by Crippen LogP contribution is 2.40. The van der Waals surface area contributed by atoms with Gasteiger partial charge >= 0.3 is 0 Å². The number of hydrogen-bond acceptors (Lipinski definition) is 7. The van der Waals surface area contributed by atoms with Gasteiger partial charge in [0.15, 0.2) is 0 Å². The van der Waals surface area contributed by atoms with E-state index in [1.165, 1.54) is 11.2 Å². The van der Waals surface area contributed by atoms with Gasteiger partial charge in [0, 0.05) is 31.9 Å². The Hall–Kier alpha value is -2.91. The molecule has 0 unspecified atom stereocenters. The number of aromatic amines is 1. The molecule has 2 fully saturated rings. The lowest BCUT2D eigenvalue weighted by Crippen LogP contribution is -2.38. The van der Waals surface area contributed by atoms with Crippen LogP contribution in [0.1, 0.15) is 35.2 Å². The maximum atomic E-state index is 12.9. The molecule has 4 rings (SSSR count). The molecule has 2 N–H and O–H groups in total. The number of rotatable bonds is 6. The summed E-state index contributed by atoms with van der Waals surface area (Å²) in [6.07, 6.45) is 2.20. The van der Waals surface area contributed by atoms with E-state index in [1.54, 1.807) is 26.0 Å². The quantitative estimate of drug-likeness (QED) is 0.421. The molecule has 2 aliphatic heterocycles. The monoisotopic (exact) mass is 414 g/mol. The van der Waals surface area contributed by atoms with Crippen LogP contribution in [0.15, 0.2) is 28.4 Å². The van der Waals surface area contributed by atoms with Crippen molar-refractivity contribution in [3.8, 4) is 0 Å². The maximum Gasteiger partial charge on any atom is 0.295 e. The van der Waals surface area contributed by atoms with Gasteiger partial charge in [-0.1, -0.05) is 0 Å². The molecule has 9 heteroatoms. The number of ether oxygens (including phenoxy) is 1. The van der Waals surface area contributed by atoms with Gasteiger partial charge in [0.2, 0.25) is 0 Å². The third-order valence-electron chi connectivity index (χ3n) is 5.69. The highest BCUT2D eigenvalue weighted by molar-refractivity contribution is 6.46. The molecular weight excluding hydrogens is 388 g/mol. The zero-order valence-electron chi connectivity index (χ0n) is 17.2. The van der Waals surface area contributed by atoms with E-state index in [-0.39, 0.29) is 11.3 Å². The summed E-state index contributed by atoms with van der Waals surface area (Å²) in [6, 6.07) is 2.66. The molecule has 0 saturated carbocycles. The summed E-state index contributed by atoms with van der Waals surface area (Å²) in [6.45, 7) is 7.82. The van der Waals surface area contributed by atoms with Gasteiger partial charge < -0.3 is 19.2 Å². The summed E-state index contributed by atoms with van der Waals surface area (Å²) in [5, 5.41) is 17.9. The van der Waals surface area contributed by atoms with E-state index in [0.717, 1.165) is 19.6 Å². The van der Waals surface area contributed by atoms with E-state index < -0.39 is 17.7 Å². The highest BCUT2D eigenvalue weighted by atomic mass is 16.5. The Labute approximate surface area is 174 Å². The van der Waals surface area contributed by atoms with Gasteiger partial charge in [-0.15, -0.1) is 0 Å². The summed E-state index contributed by atoms with van der Waals surface area (Å²) < 4.78 is 10.9. The number of ketones is 1. The normalized spacial score (nSPS) is 22.2. The SMILES string of the molecule is Cc1n[nH]c(C)c1C(O)=C1C(=O)C(=O)N(CCCN2CCOCC2)[C@H]1c1ccco1. The van der Waals surface area contributed by atoms with Crippen LogP contribution >= 0.6 is 0 Å². The minimum absolute atomic E-state index is 0.0360. The van der Waals surface area contributed by atoms with Crippen molar-refractivity contribution in [2.45, 2.75) is 26.3 Å². The van der Waals surface area contributed by atoms with Gasteiger partial charge in [-0.2, -0.15) is 5.10 Å². The number of nitrogens with zero attached hydrogens (tertiary/aromatic N) is 3. The van der Waals surface area contributed by atoms with Gasteiger partial charge in [0.05, 0.1) is 36.3 Å². The van der Waals surface area contributed by atoms with E-state index in [1.807, 2.05) is 0 Å². The number of H-pyrrole nitrogens is 1. The fraction of sp³-hybridized carbons (Fsp3) is 0.476. The van der Waals surface area contributed by atoms with Crippen LogP contribution in [-0.4, -0.2) is 76.2 Å². The summed E-state index contributed by atoms with van der Waals surface area (Å²) >= 11 is 0. The number of aliphatic hydroxyl groups excluding tert-OH is 1. The van der Waals surface area contributed by atoms with Crippen LogP contribution in [0.2, 0.25) is 0 Å². The van der Waals surface area contributed by atoms with Crippen molar-refractivity contribution in [2.75, 3.05) is 39.4 Å². The number of furan rings is 1. The number of nitrogens with one attached hydrogen (secondary N) is 1. The minimum atomic E-state index is -0.765. The molecule has 9 nitrogen and oxygen atoms in total. The second kappa shape index (κ2) is 8.45. The van der Waals surface area contributed by atoms with E-state index in [4.69, 9.17) is 9.15 Å². The van der Waals surface area contributed by atoms with Crippen LogP contribution < -0.4 is 0 Å². The van der Waals surface area contributed by atoms with E-state index in [0.29, 0.717) is 48.9 Å². The van der Waals surface area contributed by atoms with E-state index >= 15 is 0 Å². The number of Topliss-reactive ketones (excluding diaryl/α,β-unsaturated/α-hetero) is 1. The number of amides is 1. The summed E-state index contributed by atoms with van der Waals surface area (Å²) in [5.41, 5.74) is 1.66. The Morgan fingerprint density at radius 3 is 2.67 bits per heavy atom. The lowest BCUT2D eigenvalue weighted by molar-refractivity contribution is -0.140. The highest BCUT2D eigenvalue weighted by Gasteiger charge is 2.47. The Bertz CT molecular complexity index is 937. The number of morpholine rings is 1. The number of aromatic nitrogens is 2. The van der Waals surface area contributed by atoms with Crippen molar-refractivity contribution in [2.24, 2.45) is 0 Å². The molecule has 2 aromatic heterocycles. The second-order valence-electron chi connectivity index (χ2n) is 7.62. The molecule has 0 aliphatic carbocycles. The fourth-order valence-electron chi connectivity index (χ4n) is 4.18. The third-order valence-corrected chi connectivity index (χ3v) is 5.69. The van der Waals surface area contributed by atoms with Crippen LogP contribution in [-0.2, 0) is 14.3 Å². The molecule has 160 valence electrons. The molecule has 4 heterocycles. The van der Waals surface area contributed by atoms with Crippen molar-refractivity contribution in [1.82, 2.24) is 20.0 Å². The van der Waals surface area contributed by atoms with Gasteiger partial charge in [0.25, 0.3) is 11.7 Å². The minimum Gasteiger partial charge on any atom is -0.507 e. The van der Waals surface area contributed by atoms with Crippen molar-refractivity contribution in [3.63, 3.8) is 0 Å². The zero-order chi connectivity index (χ0) is 21.3. The summed E-state index contributed by atoms with van der Waals surface area (Å²) in [4.78, 5) is 29.6. The molecule has 2 aliphatic rings. The number of aryl methyl sites for hydroxylation is 2. The maximum absolute atomic E-state index is 12.9. The van der Waals surface area contributed by atoms with Crippen molar-refractivity contribution >= 4 is 17.4 Å².